The van der Waals surface area contributed by atoms with Crippen LogP contribution in [0.15, 0.2) is 24.3 Å². The summed E-state index contributed by atoms with van der Waals surface area (Å²) in [5, 5.41) is 0. The third kappa shape index (κ3) is 2.07. The van der Waals surface area contributed by atoms with E-state index in [1.807, 2.05) is 24.3 Å². The Morgan fingerprint density at radius 3 is 2.88 bits per heavy atom. The van der Waals surface area contributed by atoms with Crippen LogP contribution in [-0.4, -0.2) is 25.6 Å². The Hall–Kier alpha value is -1.35. The minimum atomic E-state index is 0.0107. The zero-order valence-corrected chi connectivity index (χ0v) is 9.72. The van der Waals surface area contributed by atoms with Crippen molar-refractivity contribution in [3.63, 3.8) is 0 Å². The van der Waals surface area contributed by atoms with Gasteiger partial charge in [-0.25, -0.2) is 0 Å². The maximum Gasteiger partial charge on any atom is 0.145 e. The van der Waals surface area contributed by atoms with Crippen molar-refractivity contribution in [3.8, 4) is 5.75 Å². The molecule has 3 nitrogen and oxygen atoms in total. The Labute approximate surface area is 101 Å². The Morgan fingerprint density at radius 1 is 1.18 bits per heavy atom. The van der Waals surface area contributed by atoms with Crippen molar-refractivity contribution in [2.45, 2.75) is 12.8 Å². The van der Waals surface area contributed by atoms with Crippen molar-refractivity contribution in [1.82, 2.24) is 0 Å². The minimum Gasteiger partial charge on any atom is -0.493 e. The number of Topliss-reactive ketones (excluding diaryl/α,β-unsaturated/α-hetero) is 1. The van der Waals surface area contributed by atoms with E-state index < -0.39 is 0 Å². The molecule has 0 radical (unpaired) electrons. The summed E-state index contributed by atoms with van der Waals surface area (Å²) in [5.41, 5.74) is 1.15. The van der Waals surface area contributed by atoms with Gasteiger partial charge in [-0.15, -0.1) is 0 Å². The molecule has 3 rings (SSSR count). The van der Waals surface area contributed by atoms with Gasteiger partial charge in [0.15, 0.2) is 0 Å². The van der Waals surface area contributed by atoms with Crippen molar-refractivity contribution in [3.05, 3.63) is 29.8 Å². The normalized spacial score (nSPS) is 27.3. The lowest BCUT2D eigenvalue weighted by Gasteiger charge is -2.25. The average Bonchev–Trinajstić information content (AvgIpc) is 2.91. The Morgan fingerprint density at radius 2 is 2.06 bits per heavy atom. The molecule has 0 N–H and O–H groups in total. The highest BCUT2D eigenvalue weighted by Crippen LogP contribution is 2.29. The smallest absolute Gasteiger partial charge is 0.145 e. The minimum absolute atomic E-state index is 0.0107. The maximum atomic E-state index is 12.3. The van der Waals surface area contributed by atoms with Crippen molar-refractivity contribution >= 4 is 5.78 Å². The molecule has 0 aliphatic carbocycles. The fraction of sp³-hybridized carbons (Fsp3) is 0.500. The highest BCUT2D eigenvalue weighted by Gasteiger charge is 2.32. The van der Waals surface area contributed by atoms with E-state index in [1.54, 1.807) is 0 Å². The fourth-order valence-electron chi connectivity index (χ4n) is 2.60. The number of para-hydroxylation sites is 1. The fourth-order valence-corrected chi connectivity index (χ4v) is 2.60. The first kappa shape index (κ1) is 10.8. The van der Waals surface area contributed by atoms with Gasteiger partial charge in [0.2, 0.25) is 0 Å². The monoisotopic (exact) mass is 232 g/mol. The van der Waals surface area contributed by atoms with Crippen LogP contribution in [0, 0.1) is 11.8 Å². The highest BCUT2D eigenvalue weighted by molar-refractivity contribution is 5.84. The summed E-state index contributed by atoms with van der Waals surface area (Å²) in [6, 6.07) is 7.97. The maximum absolute atomic E-state index is 12.3. The van der Waals surface area contributed by atoms with Crippen LogP contribution < -0.4 is 4.74 Å². The van der Waals surface area contributed by atoms with Crippen LogP contribution in [0.2, 0.25) is 0 Å². The summed E-state index contributed by atoms with van der Waals surface area (Å²) in [5.74, 6) is 1.35. The molecule has 1 aromatic carbocycles. The van der Waals surface area contributed by atoms with Crippen LogP contribution in [0.3, 0.4) is 0 Å². The summed E-state index contributed by atoms with van der Waals surface area (Å²) in [4.78, 5) is 12.3. The van der Waals surface area contributed by atoms with Crippen molar-refractivity contribution in [2.24, 2.45) is 11.8 Å². The van der Waals surface area contributed by atoms with Gasteiger partial charge in [-0.1, -0.05) is 18.2 Å². The number of rotatable bonds is 2. The summed E-state index contributed by atoms with van der Waals surface area (Å²) in [7, 11) is 0. The molecule has 1 aromatic rings. The van der Waals surface area contributed by atoms with E-state index in [4.69, 9.17) is 9.47 Å². The van der Waals surface area contributed by atoms with E-state index in [0.29, 0.717) is 19.0 Å². The molecule has 1 saturated heterocycles. The van der Waals surface area contributed by atoms with Gasteiger partial charge < -0.3 is 9.47 Å². The zero-order chi connectivity index (χ0) is 11.7. The van der Waals surface area contributed by atoms with Gasteiger partial charge >= 0.3 is 0 Å². The Bertz CT molecular complexity index is 421. The number of benzene rings is 1. The summed E-state index contributed by atoms with van der Waals surface area (Å²) in [6.07, 6.45) is 1.68. The Balaban J connectivity index is 1.73. The molecule has 2 atom stereocenters. The summed E-state index contributed by atoms with van der Waals surface area (Å²) >= 11 is 0. The number of carbonyl (C=O) groups is 1. The van der Waals surface area contributed by atoms with E-state index in [2.05, 4.69) is 0 Å². The van der Waals surface area contributed by atoms with E-state index in [-0.39, 0.29) is 11.8 Å². The van der Waals surface area contributed by atoms with Gasteiger partial charge in [-0.2, -0.15) is 0 Å². The quantitative estimate of drug-likeness (QED) is 0.780. The number of hydrogen-bond acceptors (Lipinski definition) is 3. The van der Waals surface area contributed by atoms with Crippen LogP contribution in [0.5, 0.6) is 5.75 Å². The van der Waals surface area contributed by atoms with Crippen molar-refractivity contribution < 1.29 is 14.3 Å². The topological polar surface area (TPSA) is 35.5 Å². The largest absolute Gasteiger partial charge is 0.493 e. The molecule has 2 heterocycles. The van der Waals surface area contributed by atoms with E-state index in [0.717, 1.165) is 30.8 Å². The molecule has 1 fully saturated rings. The second-order valence-corrected chi connectivity index (χ2v) is 4.78. The molecule has 2 aliphatic rings. The third-order valence-electron chi connectivity index (χ3n) is 3.61. The summed E-state index contributed by atoms with van der Waals surface area (Å²) < 4.78 is 10.9. The molecule has 0 spiro atoms. The SMILES string of the molecule is O=C(C1CCOC1)C1COc2ccccc2C1. The number of ketones is 1. The van der Waals surface area contributed by atoms with Gasteiger partial charge in [0, 0.05) is 12.5 Å². The highest BCUT2D eigenvalue weighted by atomic mass is 16.5. The molecule has 17 heavy (non-hydrogen) atoms. The predicted molar refractivity (Wildman–Crippen MR) is 63.1 cm³/mol. The van der Waals surface area contributed by atoms with Crippen molar-refractivity contribution in [1.29, 1.82) is 0 Å². The first-order valence-corrected chi connectivity index (χ1v) is 6.17. The lowest BCUT2D eigenvalue weighted by molar-refractivity contribution is -0.128. The molecule has 0 bridgehead atoms. The molecular formula is C14H16O3. The lowest BCUT2D eigenvalue weighted by Crippen LogP contribution is -2.32. The third-order valence-corrected chi connectivity index (χ3v) is 3.61. The van der Waals surface area contributed by atoms with Crippen LogP contribution in [0.4, 0.5) is 0 Å². The number of carbonyl (C=O) groups excluding carboxylic acids is 1. The average molecular weight is 232 g/mol. The molecule has 0 aromatic heterocycles. The van der Waals surface area contributed by atoms with Gasteiger partial charge in [0.1, 0.15) is 11.5 Å². The molecule has 0 saturated carbocycles. The number of ether oxygens (including phenoxy) is 2. The van der Waals surface area contributed by atoms with E-state index >= 15 is 0 Å². The van der Waals surface area contributed by atoms with Crippen LogP contribution in [0.25, 0.3) is 0 Å². The van der Waals surface area contributed by atoms with Crippen LogP contribution in [0.1, 0.15) is 12.0 Å². The molecule has 2 aliphatic heterocycles. The number of hydrogen-bond donors (Lipinski definition) is 0. The van der Waals surface area contributed by atoms with E-state index in [1.165, 1.54) is 0 Å². The molecule has 90 valence electrons. The van der Waals surface area contributed by atoms with Gasteiger partial charge in [-0.3, -0.25) is 4.79 Å². The molecular weight excluding hydrogens is 216 g/mol. The van der Waals surface area contributed by atoms with Crippen LogP contribution >= 0.6 is 0 Å². The summed E-state index contributed by atoms with van der Waals surface area (Å²) in [6.45, 7) is 1.84. The number of fused-ring (bicyclic) bond motifs is 1. The molecule has 3 heteroatoms. The Kier molecular flexibility index (Phi) is 2.85. The van der Waals surface area contributed by atoms with Crippen LogP contribution in [-0.2, 0) is 16.0 Å². The predicted octanol–water partition coefficient (Wildman–Crippen LogP) is 1.84. The van der Waals surface area contributed by atoms with Gasteiger partial charge in [0.25, 0.3) is 0 Å². The zero-order valence-electron chi connectivity index (χ0n) is 9.72. The standard InChI is InChI=1S/C14H16O3/c15-14(11-5-6-16-8-11)12-7-10-3-1-2-4-13(10)17-9-12/h1-4,11-12H,5-9H2. The van der Waals surface area contributed by atoms with Gasteiger partial charge in [-0.05, 0) is 24.5 Å². The molecule has 2 unspecified atom stereocenters. The molecule has 0 amide bonds. The second kappa shape index (κ2) is 4.49. The second-order valence-electron chi connectivity index (χ2n) is 4.78. The van der Waals surface area contributed by atoms with E-state index in [9.17, 15) is 4.79 Å². The first-order chi connectivity index (χ1) is 8.34. The van der Waals surface area contributed by atoms with Gasteiger partial charge in [0.05, 0.1) is 19.1 Å². The van der Waals surface area contributed by atoms with Crippen molar-refractivity contribution in [2.75, 3.05) is 19.8 Å². The first-order valence-electron chi connectivity index (χ1n) is 6.17. The lowest BCUT2D eigenvalue weighted by atomic mass is 9.86.